The summed E-state index contributed by atoms with van der Waals surface area (Å²) >= 11 is 6.20. The van der Waals surface area contributed by atoms with Gasteiger partial charge in [0.05, 0.1) is 17.2 Å². The molecule has 5 rings (SSSR count). The molecule has 0 aromatic heterocycles. The van der Waals surface area contributed by atoms with Crippen molar-refractivity contribution in [1.29, 1.82) is 0 Å². The minimum absolute atomic E-state index is 0.0225. The van der Waals surface area contributed by atoms with Crippen LogP contribution in [0.4, 0.5) is 5.69 Å². The predicted molar refractivity (Wildman–Crippen MR) is 194 cm³/mol. The molecule has 1 saturated carbocycles. The van der Waals surface area contributed by atoms with E-state index in [1.54, 1.807) is 48.5 Å². The number of sulfonamides is 1. The van der Waals surface area contributed by atoms with Crippen molar-refractivity contribution in [2.45, 2.75) is 75.9 Å². The zero-order valence-electron chi connectivity index (χ0n) is 28.1. The zero-order chi connectivity index (χ0) is 34.8. The zero-order valence-corrected chi connectivity index (χ0v) is 29.6. The summed E-state index contributed by atoms with van der Waals surface area (Å²) in [7, 11) is -4.20. The maximum absolute atomic E-state index is 14.7. The molecule has 0 unspecified atom stereocenters. The number of carbonyl (C=O) groups excluding carboxylic acids is 2. The molecule has 10 heteroatoms. The summed E-state index contributed by atoms with van der Waals surface area (Å²) in [4.78, 5) is 30.5. The lowest BCUT2D eigenvalue weighted by Crippen LogP contribution is -2.55. The van der Waals surface area contributed by atoms with E-state index in [-0.39, 0.29) is 29.8 Å². The number of hydrogen-bond acceptors (Lipinski definition) is 5. The highest BCUT2D eigenvalue weighted by Crippen LogP contribution is 2.28. The summed E-state index contributed by atoms with van der Waals surface area (Å²) in [5.41, 5.74) is 2.85. The average molecular weight is 702 g/mol. The van der Waals surface area contributed by atoms with Gasteiger partial charge in [0.1, 0.15) is 18.3 Å². The Hall–Kier alpha value is -4.34. The van der Waals surface area contributed by atoms with Gasteiger partial charge < -0.3 is 15.0 Å². The number of aryl methyl sites for hydroxylation is 1. The van der Waals surface area contributed by atoms with Gasteiger partial charge in [-0.25, -0.2) is 8.42 Å². The van der Waals surface area contributed by atoms with Crippen LogP contribution < -0.4 is 14.4 Å². The molecule has 1 aliphatic carbocycles. The highest BCUT2D eigenvalue weighted by atomic mass is 35.5. The Bertz CT molecular complexity index is 1780. The number of nitrogens with one attached hydrogen (secondary N) is 1. The molecule has 49 heavy (non-hydrogen) atoms. The molecule has 258 valence electrons. The van der Waals surface area contributed by atoms with Gasteiger partial charge in [0.15, 0.2) is 0 Å². The SMILES string of the molecule is CCOc1ccc(N(CC(=O)N(Cc2ccc(Cl)cc2)[C@H](Cc2ccccc2)C(=O)NC2CCCCC2)S(=O)(=O)c2ccc(C)cc2)cc1. The van der Waals surface area contributed by atoms with Crippen molar-refractivity contribution in [2.75, 3.05) is 17.5 Å². The largest absolute Gasteiger partial charge is 0.494 e. The second-order valence-corrected chi connectivity index (χ2v) is 14.7. The van der Waals surface area contributed by atoms with Crippen LogP contribution in [0.3, 0.4) is 0 Å². The Kier molecular flexibility index (Phi) is 12.4. The highest BCUT2D eigenvalue weighted by molar-refractivity contribution is 7.92. The summed E-state index contributed by atoms with van der Waals surface area (Å²) in [5, 5.41) is 3.78. The van der Waals surface area contributed by atoms with Crippen LogP contribution >= 0.6 is 11.6 Å². The van der Waals surface area contributed by atoms with E-state index in [0.717, 1.165) is 53.1 Å². The molecular weight excluding hydrogens is 658 g/mol. The van der Waals surface area contributed by atoms with Gasteiger partial charge in [0, 0.05) is 24.0 Å². The van der Waals surface area contributed by atoms with Crippen molar-refractivity contribution in [2.24, 2.45) is 0 Å². The third-order valence-corrected chi connectivity index (χ3v) is 10.9. The lowest BCUT2D eigenvalue weighted by atomic mass is 9.94. The first-order chi connectivity index (χ1) is 23.6. The van der Waals surface area contributed by atoms with Gasteiger partial charge in [-0.15, -0.1) is 0 Å². The Balaban J connectivity index is 1.56. The van der Waals surface area contributed by atoms with Crippen LogP contribution in [-0.2, 0) is 32.6 Å². The fourth-order valence-electron chi connectivity index (χ4n) is 6.13. The van der Waals surface area contributed by atoms with Gasteiger partial charge >= 0.3 is 0 Å². The van der Waals surface area contributed by atoms with Crippen LogP contribution in [-0.4, -0.2) is 50.4 Å². The third kappa shape index (κ3) is 9.64. The van der Waals surface area contributed by atoms with E-state index in [4.69, 9.17) is 16.3 Å². The summed E-state index contributed by atoms with van der Waals surface area (Å²) in [6.07, 6.45) is 5.24. The van der Waals surface area contributed by atoms with E-state index in [1.165, 1.54) is 17.0 Å². The van der Waals surface area contributed by atoms with Gasteiger partial charge in [-0.3, -0.25) is 13.9 Å². The molecule has 0 radical (unpaired) electrons. The smallest absolute Gasteiger partial charge is 0.264 e. The number of carbonyl (C=O) groups is 2. The summed E-state index contributed by atoms with van der Waals surface area (Å²) in [5.74, 6) is -0.191. The van der Waals surface area contributed by atoms with Gasteiger partial charge in [0.2, 0.25) is 11.8 Å². The second-order valence-electron chi connectivity index (χ2n) is 12.4. The first kappa shape index (κ1) is 36.0. The quantitative estimate of drug-likeness (QED) is 0.149. The third-order valence-electron chi connectivity index (χ3n) is 8.81. The molecule has 8 nitrogen and oxygen atoms in total. The molecule has 0 aliphatic heterocycles. The molecule has 1 fully saturated rings. The maximum atomic E-state index is 14.7. The van der Waals surface area contributed by atoms with Crippen LogP contribution in [0.2, 0.25) is 5.02 Å². The molecular formula is C39H44ClN3O5S. The van der Waals surface area contributed by atoms with Crippen LogP contribution in [0.25, 0.3) is 0 Å². The van der Waals surface area contributed by atoms with Crippen LogP contribution in [0, 0.1) is 6.92 Å². The summed E-state index contributed by atoms with van der Waals surface area (Å²) in [6.45, 7) is 3.75. The number of amides is 2. The van der Waals surface area contributed by atoms with Crippen molar-refractivity contribution in [3.63, 3.8) is 0 Å². The molecule has 1 N–H and O–H groups in total. The van der Waals surface area contributed by atoms with E-state index in [9.17, 15) is 18.0 Å². The topological polar surface area (TPSA) is 96.0 Å². The summed E-state index contributed by atoms with van der Waals surface area (Å²) in [6, 6.07) is 28.9. The normalized spacial score (nSPS) is 14.1. The van der Waals surface area contributed by atoms with E-state index >= 15 is 0 Å². The van der Waals surface area contributed by atoms with Gasteiger partial charge in [0.25, 0.3) is 10.0 Å². The number of anilines is 1. The van der Waals surface area contributed by atoms with Crippen molar-refractivity contribution in [3.05, 3.63) is 125 Å². The summed E-state index contributed by atoms with van der Waals surface area (Å²) < 4.78 is 35.3. The number of benzene rings is 4. The Morgan fingerprint density at radius 2 is 1.51 bits per heavy atom. The first-order valence-corrected chi connectivity index (χ1v) is 18.7. The van der Waals surface area contributed by atoms with Gasteiger partial charge in [-0.1, -0.05) is 91.0 Å². The van der Waals surface area contributed by atoms with Crippen LogP contribution in [0.1, 0.15) is 55.7 Å². The molecule has 0 bridgehead atoms. The van der Waals surface area contributed by atoms with Crippen LogP contribution in [0.5, 0.6) is 5.75 Å². The molecule has 0 spiro atoms. The number of hydrogen-bond donors (Lipinski definition) is 1. The van der Waals surface area contributed by atoms with Crippen molar-refractivity contribution >= 4 is 39.1 Å². The van der Waals surface area contributed by atoms with Crippen molar-refractivity contribution in [3.8, 4) is 5.75 Å². The Morgan fingerprint density at radius 1 is 0.857 bits per heavy atom. The second kappa shape index (κ2) is 16.9. The molecule has 0 saturated heterocycles. The minimum Gasteiger partial charge on any atom is -0.494 e. The predicted octanol–water partition coefficient (Wildman–Crippen LogP) is 7.33. The average Bonchev–Trinajstić information content (AvgIpc) is 3.11. The fraction of sp³-hybridized carbons (Fsp3) is 0.333. The number of nitrogens with zero attached hydrogens (tertiary/aromatic N) is 2. The molecule has 1 atom stereocenters. The first-order valence-electron chi connectivity index (χ1n) is 16.8. The van der Waals surface area contributed by atoms with Crippen LogP contribution in [0.15, 0.2) is 108 Å². The van der Waals surface area contributed by atoms with Crippen molar-refractivity contribution in [1.82, 2.24) is 10.2 Å². The number of rotatable bonds is 14. The van der Waals surface area contributed by atoms with E-state index in [0.29, 0.717) is 23.1 Å². The standard InChI is InChI=1S/C39H44ClN3O5S/c1-3-48-35-22-20-34(21-23-35)43(49(46,47)36-24-14-29(2)15-25-36)28-38(44)42(27-31-16-18-32(40)19-17-31)37(26-30-10-6-4-7-11-30)39(45)41-33-12-8-5-9-13-33/h4,6-7,10-11,14-25,33,37H,3,5,8-9,12-13,26-28H2,1-2H3,(H,41,45)/t37-/m1/s1. The van der Waals surface area contributed by atoms with E-state index < -0.39 is 28.5 Å². The lowest BCUT2D eigenvalue weighted by molar-refractivity contribution is -0.140. The molecule has 1 aliphatic rings. The van der Waals surface area contributed by atoms with Gasteiger partial charge in [-0.2, -0.15) is 0 Å². The highest BCUT2D eigenvalue weighted by Gasteiger charge is 2.35. The van der Waals surface area contributed by atoms with Gasteiger partial charge in [-0.05, 0) is 86.3 Å². The van der Waals surface area contributed by atoms with E-state index in [1.807, 2.05) is 56.3 Å². The lowest BCUT2D eigenvalue weighted by Gasteiger charge is -2.35. The van der Waals surface area contributed by atoms with Crippen molar-refractivity contribution < 1.29 is 22.7 Å². The maximum Gasteiger partial charge on any atom is 0.264 e. The minimum atomic E-state index is -4.20. The molecule has 0 heterocycles. The van der Waals surface area contributed by atoms with E-state index in [2.05, 4.69) is 5.32 Å². The monoisotopic (exact) mass is 701 g/mol. The number of ether oxygens (including phenoxy) is 1. The molecule has 4 aromatic carbocycles. The molecule has 2 amide bonds. The molecule has 4 aromatic rings. The number of halogens is 1. The Morgan fingerprint density at radius 3 is 2.14 bits per heavy atom. The Labute approximate surface area is 295 Å². The fourth-order valence-corrected chi connectivity index (χ4v) is 7.67.